The highest BCUT2D eigenvalue weighted by atomic mass is 16.8. The Hall–Kier alpha value is -3.29. The molecule has 0 bridgehead atoms. The van der Waals surface area contributed by atoms with Crippen LogP contribution in [-0.2, 0) is 0 Å². The van der Waals surface area contributed by atoms with Crippen LogP contribution in [0.5, 0.6) is 0 Å². The molecule has 1 unspecified atom stereocenters. The van der Waals surface area contributed by atoms with Crippen LogP contribution >= 0.6 is 0 Å². The van der Waals surface area contributed by atoms with Crippen molar-refractivity contribution in [2.45, 2.75) is 0 Å². The van der Waals surface area contributed by atoms with E-state index in [1.807, 2.05) is 12.1 Å². The molecular weight excluding hydrogens is 344 g/mol. The predicted molar refractivity (Wildman–Crippen MR) is 101 cm³/mol. The third-order valence-corrected chi connectivity index (χ3v) is 4.12. The molecule has 0 saturated heterocycles. The van der Waals surface area contributed by atoms with Gasteiger partial charge in [0.05, 0.1) is 16.8 Å². The number of benzene rings is 3. The topological polar surface area (TPSA) is 97.1 Å². The summed E-state index contributed by atoms with van der Waals surface area (Å²) >= 11 is 0. The van der Waals surface area contributed by atoms with E-state index in [2.05, 4.69) is 5.48 Å². The number of nitrogens with one attached hydrogen (secondary N) is 2. The summed E-state index contributed by atoms with van der Waals surface area (Å²) in [6.45, 7) is 0. The van der Waals surface area contributed by atoms with Gasteiger partial charge in [-0.15, -0.1) is 0 Å². The summed E-state index contributed by atoms with van der Waals surface area (Å²) in [6, 6.07) is 23.7. The van der Waals surface area contributed by atoms with Gasteiger partial charge in [-0.1, -0.05) is 72.8 Å². The minimum absolute atomic E-state index is 0.0486. The van der Waals surface area contributed by atoms with Gasteiger partial charge in [0.15, 0.2) is 5.69 Å². The van der Waals surface area contributed by atoms with Crippen molar-refractivity contribution in [1.29, 1.82) is 0 Å². The number of carbonyl (C=O) groups excluding carboxylic acids is 1. The van der Waals surface area contributed by atoms with Crippen LogP contribution in [0.4, 0.5) is 5.69 Å². The molecule has 136 valence electrons. The lowest BCUT2D eigenvalue weighted by Gasteiger charge is -2.18. The number of rotatable bonds is 6. The number of allylic oxidation sites excluding steroid dienone is 1. The fourth-order valence-corrected chi connectivity index (χ4v) is 2.87. The zero-order valence-corrected chi connectivity index (χ0v) is 14.3. The van der Waals surface area contributed by atoms with Crippen LogP contribution in [0.3, 0.4) is 0 Å². The zero-order valence-electron chi connectivity index (χ0n) is 14.3. The summed E-state index contributed by atoms with van der Waals surface area (Å²) in [5.41, 5.74) is 3.62. The highest BCUT2D eigenvalue weighted by Gasteiger charge is 2.24. The number of carbonyl (C=O) groups is 1. The molecule has 0 saturated carbocycles. The van der Waals surface area contributed by atoms with Gasteiger partial charge < -0.3 is 5.21 Å². The van der Waals surface area contributed by atoms with Crippen molar-refractivity contribution in [2.75, 3.05) is 0 Å². The van der Waals surface area contributed by atoms with Gasteiger partial charge in [-0.2, -0.15) is 5.23 Å². The second-order valence-corrected chi connectivity index (χ2v) is 5.77. The smallest absolute Gasteiger partial charge is 0.201 e. The van der Waals surface area contributed by atoms with Crippen LogP contribution in [0.2, 0.25) is 0 Å². The first-order chi connectivity index (χ1) is 13.1. The molecule has 0 spiro atoms. The Bertz CT molecular complexity index is 954. The molecule has 4 N–H and O–H groups in total. The van der Waals surface area contributed by atoms with Gasteiger partial charge in [0.2, 0.25) is 5.78 Å². The summed E-state index contributed by atoms with van der Waals surface area (Å²) in [6.07, 6.45) is 0. The summed E-state index contributed by atoms with van der Waals surface area (Å²) in [5.74, 6) is -0.500. The number of Topliss-reactive ketones (excluding diaryl/α,β-unsaturated/α-hetero) is 1. The van der Waals surface area contributed by atoms with Crippen LogP contribution < -0.4 is 10.7 Å². The fourth-order valence-electron chi connectivity index (χ4n) is 2.87. The maximum atomic E-state index is 13.4. The van der Waals surface area contributed by atoms with Crippen LogP contribution in [0.1, 0.15) is 21.5 Å². The van der Waals surface area contributed by atoms with Gasteiger partial charge in [0.25, 0.3) is 0 Å². The van der Waals surface area contributed by atoms with Crippen molar-refractivity contribution >= 4 is 22.7 Å². The van der Waals surface area contributed by atoms with Gasteiger partial charge in [-0.3, -0.25) is 15.5 Å². The first-order valence-electron chi connectivity index (χ1n) is 8.25. The Labute approximate surface area is 156 Å². The predicted octanol–water partition coefficient (Wildman–Crippen LogP) is 2.82. The average Bonchev–Trinajstić information content (AvgIpc) is 2.72. The van der Waals surface area contributed by atoms with Gasteiger partial charge in [-0.05, 0) is 11.6 Å². The van der Waals surface area contributed by atoms with Gasteiger partial charge in [0.1, 0.15) is 0 Å². The van der Waals surface area contributed by atoms with Crippen molar-refractivity contribution < 1.29 is 20.4 Å². The van der Waals surface area contributed by atoms with Crippen LogP contribution in [-0.4, -0.2) is 16.2 Å². The number of quaternary nitrogens is 1. The van der Waals surface area contributed by atoms with E-state index < -0.39 is 11.0 Å². The van der Waals surface area contributed by atoms with E-state index in [0.29, 0.717) is 11.1 Å². The summed E-state index contributed by atoms with van der Waals surface area (Å²) in [5, 5.41) is 29.6. The molecule has 3 aromatic carbocycles. The molecular formula is C21H18N2O4. The number of ketones is 1. The lowest BCUT2D eigenvalue weighted by Crippen LogP contribution is -2.99. The maximum absolute atomic E-state index is 13.4. The summed E-state index contributed by atoms with van der Waals surface area (Å²) in [7, 11) is 0. The minimum Gasteiger partial charge on any atom is -0.595 e. The van der Waals surface area contributed by atoms with E-state index >= 15 is 0 Å². The van der Waals surface area contributed by atoms with Gasteiger partial charge in [0, 0.05) is 11.6 Å². The monoisotopic (exact) mass is 362 g/mol. The average molecular weight is 362 g/mol. The lowest BCUT2D eigenvalue weighted by molar-refractivity contribution is -0.991. The van der Waals surface area contributed by atoms with E-state index in [1.165, 1.54) is 12.1 Å². The third kappa shape index (κ3) is 3.94. The first kappa shape index (κ1) is 18.5. The van der Waals surface area contributed by atoms with Crippen molar-refractivity contribution in [3.63, 3.8) is 0 Å². The Morgan fingerprint density at radius 3 is 1.89 bits per heavy atom. The second-order valence-electron chi connectivity index (χ2n) is 5.77. The summed E-state index contributed by atoms with van der Waals surface area (Å²) < 4.78 is 0. The molecule has 0 radical (unpaired) electrons. The molecule has 0 fully saturated rings. The molecule has 3 rings (SSSR count). The van der Waals surface area contributed by atoms with Crippen molar-refractivity contribution in [3.8, 4) is 0 Å². The molecule has 0 amide bonds. The molecule has 1 atom stereocenters. The van der Waals surface area contributed by atoms with Crippen molar-refractivity contribution in [2.24, 2.45) is 0 Å². The Kier molecular flexibility index (Phi) is 5.75. The van der Waals surface area contributed by atoms with Crippen molar-refractivity contribution in [1.82, 2.24) is 5.48 Å². The molecule has 0 aliphatic rings. The second kappa shape index (κ2) is 8.39. The molecule has 6 nitrogen and oxygen atoms in total. The SMILES string of the molecule is O=C(C(=C(NO)c1ccccc1)c1ccccc1)c1ccccc1[NH+]([O-])O. The molecule has 3 aromatic rings. The zero-order chi connectivity index (χ0) is 19.2. The first-order valence-corrected chi connectivity index (χ1v) is 8.25. The van der Waals surface area contributed by atoms with Gasteiger partial charge in [-0.25, -0.2) is 5.21 Å². The molecule has 0 aliphatic carbocycles. The van der Waals surface area contributed by atoms with E-state index in [9.17, 15) is 20.4 Å². The largest absolute Gasteiger partial charge is 0.595 e. The maximum Gasteiger partial charge on any atom is 0.201 e. The Morgan fingerprint density at radius 1 is 0.815 bits per heavy atom. The number of hydroxylamine groups is 1. The van der Waals surface area contributed by atoms with E-state index in [0.717, 1.165) is 0 Å². The van der Waals surface area contributed by atoms with E-state index in [-0.39, 0.29) is 22.5 Å². The van der Waals surface area contributed by atoms with E-state index in [1.54, 1.807) is 60.7 Å². The minimum atomic E-state index is -1.19. The van der Waals surface area contributed by atoms with Gasteiger partial charge >= 0.3 is 0 Å². The molecule has 0 heterocycles. The van der Waals surface area contributed by atoms with Crippen LogP contribution in [0.25, 0.3) is 11.3 Å². The molecule has 6 heteroatoms. The molecule has 0 aliphatic heterocycles. The fraction of sp³-hybridized carbons (Fsp3) is 0. The Balaban J connectivity index is 2.26. The molecule has 0 aromatic heterocycles. The van der Waals surface area contributed by atoms with Crippen molar-refractivity contribution in [3.05, 3.63) is 107 Å². The quantitative estimate of drug-likeness (QED) is 0.234. The third-order valence-electron chi connectivity index (χ3n) is 4.12. The Morgan fingerprint density at radius 2 is 1.33 bits per heavy atom. The lowest BCUT2D eigenvalue weighted by atomic mass is 9.92. The summed E-state index contributed by atoms with van der Waals surface area (Å²) in [4.78, 5) is 13.4. The molecule has 27 heavy (non-hydrogen) atoms. The number of hydrogen-bond donors (Lipinski definition) is 4. The van der Waals surface area contributed by atoms with Crippen LogP contribution in [0, 0.1) is 5.21 Å². The number of para-hydroxylation sites is 1. The van der Waals surface area contributed by atoms with Crippen LogP contribution in [0.15, 0.2) is 84.9 Å². The standard InChI is InChI=1S/C21H18N2O4/c24-21(17-13-7-8-14-18(17)23(26)27)19(15-9-3-1-4-10-15)20(22-25)16-11-5-2-6-12-16/h1-14,22-23,25-26H. The normalized spacial score (nSPS) is 12.9. The number of hydrogen-bond acceptors (Lipinski definition) is 5. The highest BCUT2D eigenvalue weighted by molar-refractivity contribution is 6.35. The van der Waals surface area contributed by atoms with E-state index in [4.69, 9.17) is 0 Å². The highest BCUT2D eigenvalue weighted by Crippen LogP contribution is 2.29.